The Hall–Kier alpha value is -1.33. The van der Waals surface area contributed by atoms with Crippen LogP contribution in [0.25, 0.3) is 0 Å². The van der Waals surface area contributed by atoms with Gasteiger partial charge in [-0.25, -0.2) is 9.37 Å². The second kappa shape index (κ2) is 4.89. The highest BCUT2D eigenvalue weighted by Crippen LogP contribution is 2.26. The molecule has 0 aliphatic heterocycles. The first kappa shape index (κ1) is 12.1. The second-order valence-corrected chi connectivity index (χ2v) is 5.28. The molecule has 0 saturated heterocycles. The maximum atomic E-state index is 13.3. The van der Waals surface area contributed by atoms with Gasteiger partial charge in [-0.15, -0.1) is 11.3 Å². The molecule has 0 spiro atoms. The van der Waals surface area contributed by atoms with Crippen LogP contribution >= 0.6 is 22.9 Å². The van der Waals surface area contributed by atoms with E-state index in [4.69, 9.17) is 17.3 Å². The Balaban J connectivity index is 2.11. The second-order valence-electron chi connectivity index (χ2n) is 3.55. The van der Waals surface area contributed by atoms with Crippen molar-refractivity contribution >= 4 is 34.3 Å². The predicted octanol–water partition coefficient (Wildman–Crippen LogP) is 3.44. The van der Waals surface area contributed by atoms with Crippen LogP contribution in [0.15, 0.2) is 18.3 Å². The van der Waals surface area contributed by atoms with E-state index in [0.29, 0.717) is 17.9 Å². The molecule has 0 saturated carbocycles. The van der Waals surface area contributed by atoms with Crippen LogP contribution in [0.3, 0.4) is 0 Å². The molecular weight excluding hydrogens is 261 g/mol. The third-order valence-electron chi connectivity index (χ3n) is 2.21. The Morgan fingerprint density at radius 1 is 1.53 bits per heavy atom. The van der Waals surface area contributed by atoms with Gasteiger partial charge in [-0.1, -0.05) is 11.6 Å². The van der Waals surface area contributed by atoms with Gasteiger partial charge in [0.1, 0.15) is 5.82 Å². The number of rotatable bonds is 3. The van der Waals surface area contributed by atoms with E-state index >= 15 is 0 Å². The average molecular weight is 272 g/mol. The Kier molecular flexibility index (Phi) is 3.49. The highest BCUT2D eigenvalue weighted by molar-refractivity contribution is 7.11. The summed E-state index contributed by atoms with van der Waals surface area (Å²) in [4.78, 5) is 5.20. The molecule has 1 aromatic heterocycles. The van der Waals surface area contributed by atoms with Crippen LogP contribution in [0.2, 0.25) is 5.02 Å². The molecule has 90 valence electrons. The van der Waals surface area contributed by atoms with Crippen LogP contribution in [-0.2, 0) is 6.54 Å². The van der Waals surface area contributed by atoms with Crippen LogP contribution in [0.4, 0.5) is 15.8 Å². The average Bonchev–Trinajstić information content (AvgIpc) is 2.68. The van der Waals surface area contributed by atoms with Gasteiger partial charge in [0.05, 0.1) is 27.9 Å². The molecule has 2 rings (SSSR count). The fraction of sp³-hybridized carbons (Fsp3) is 0.182. The third-order valence-corrected chi connectivity index (χ3v) is 3.42. The molecule has 0 amide bonds. The molecule has 0 bridgehead atoms. The maximum Gasteiger partial charge on any atom is 0.143 e. The summed E-state index contributed by atoms with van der Waals surface area (Å²) in [7, 11) is 0. The molecule has 0 radical (unpaired) electrons. The lowest BCUT2D eigenvalue weighted by Crippen LogP contribution is -2.02. The number of nitrogens with one attached hydrogen (secondary N) is 1. The van der Waals surface area contributed by atoms with E-state index in [-0.39, 0.29) is 5.02 Å². The number of halogens is 2. The zero-order valence-electron chi connectivity index (χ0n) is 9.13. The van der Waals surface area contributed by atoms with Crippen molar-refractivity contribution < 1.29 is 4.39 Å². The zero-order valence-corrected chi connectivity index (χ0v) is 10.7. The largest absolute Gasteiger partial charge is 0.397 e. The Labute approximate surface area is 107 Å². The fourth-order valence-corrected chi connectivity index (χ4v) is 2.29. The quantitative estimate of drug-likeness (QED) is 0.841. The van der Waals surface area contributed by atoms with Crippen LogP contribution in [-0.4, -0.2) is 4.98 Å². The van der Waals surface area contributed by atoms with Crippen LogP contribution in [0.5, 0.6) is 0 Å². The Bertz CT molecular complexity index is 542. The molecule has 3 N–H and O–H groups in total. The molecule has 1 aromatic carbocycles. The SMILES string of the molecule is Cc1ncc(CNc2cc(F)c(Cl)cc2N)s1. The molecule has 2 aromatic rings. The number of aromatic nitrogens is 1. The number of hydrogen-bond donors (Lipinski definition) is 2. The van der Waals surface area contributed by atoms with E-state index in [1.165, 1.54) is 12.1 Å². The molecule has 3 nitrogen and oxygen atoms in total. The van der Waals surface area contributed by atoms with Gasteiger partial charge in [0, 0.05) is 17.1 Å². The van der Waals surface area contributed by atoms with Crippen molar-refractivity contribution in [1.82, 2.24) is 4.98 Å². The van der Waals surface area contributed by atoms with Crippen molar-refractivity contribution in [2.24, 2.45) is 0 Å². The number of nitrogens with two attached hydrogens (primary N) is 1. The van der Waals surface area contributed by atoms with Crippen molar-refractivity contribution in [1.29, 1.82) is 0 Å². The van der Waals surface area contributed by atoms with Crippen LogP contribution < -0.4 is 11.1 Å². The number of thiazole rings is 1. The van der Waals surface area contributed by atoms with Gasteiger partial charge in [-0.05, 0) is 13.0 Å². The summed E-state index contributed by atoms with van der Waals surface area (Å²) < 4.78 is 13.3. The smallest absolute Gasteiger partial charge is 0.143 e. The topological polar surface area (TPSA) is 50.9 Å². The van der Waals surface area contributed by atoms with Crippen LogP contribution in [0.1, 0.15) is 9.88 Å². The van der Waals surface area contributed by atoms with E-state index in [2.05, 4.69) is 10.3 Å². The minimum Gasteiger partial charge on any atom is -0.397 e. The molecule has 0 atom stereocenters. The van der Waals surface area contributed by atoms with Gasteiger partial charge in [-0.3, -0.25) is 0 Å². The first-order chi connectivity index (χ1) is 8.06. The van der Waals surface area contributed by atoms with E-state index in [9.17, 15) is 4.39 Å². The molecule has 0 fully saturated rings. The van der Waals surface area contributed by atoms with E-state index in [0.717, 1.165) is 9.88 Å². The molecule has 1 heterocycles. The molecule has 17 heavy (non-hydrogen) atoms. The number of nitrogen functional groups attached to an aromatic ring is 1. The van der Waals surface area contributed by atoms with Gasteiger partial charge < -0.3 is 11.1 Å². The summed E-state index contributed by atoms with van der Waals surface area (Å²) in [6.07, 6.45) is 1.79. The van der Waals surface area contributed by atoms with Crippen LogP contribution in [0, 0.1) is 12.7 Å². The van der Waals surface area contributed by atoms with Crippen molar-refractivity contribution in [3.05, 3.63) is 39.1 Å². The van der Waals surface area contributed by atoms with E-state index < -0.39 is 5.82 Å². The molecule has 6 heteroatoms. The lowest BCUT2D eigenvalue weighted by molar-refractivity contribution is 0.629. The van der Waals surface area contributed by atoms with Crippen molar-refractivity contribution in [2.45, 2.75) is 13.5 Å². The summed E-state index contributed by atoms with van der Waals surface area (Å²) in [6, 6.07) is 2.70. The maximum absolute atomic E-state index is 13.3. The minimum absolute atomic E-state index is 0.0293. The normalized spacial score (nSPS) is 10.5. The molecular formula is C11H11ClFN3S. The standard InChI is InChI=1S/C11H11ClFN3S/c1-6-15-4-7(17-6)5-16-11-3-9(13)8(12)2-10(11)14/h2-4,16H,5,14H2,1H3. The Morgan fingerprint density at radius 2 is 2.29 bits per heavy atom. The summed E-state index contributed by atoms with van der Waals surface area (Å²) in [5.74, 6) is -0.483. The zero-order chi connectivity index (χ0) is 12.4. The first-order valence-corrected chi connectivity index (χ1v) is 6.15. The summed E-state index contributed by atoms with van der Waals surface area (Å²) in [6.45, 7) is 2.50. The number of hydrogen-bond acceptors (Lipinski definition) is 4. The highest BCUT2D eigenvalue weighted by atomic mass is 35.5. The van der Waals surface area contributed by atoms with E-state index in [1.807, 2.05) is 6.92 Å². The van der Waals surface area contributed by atoms with Gasteiger partial charge >= 0.3 is 0 Å². The third kappa shape index (κ3) is 2.87. The Morgan fingerprint density at radius 3 is 2.94 bits per heavy atom. The van der Waals surface area contributed by atoms with E-state index in [1.54, 1.807) is 17.5 Å². The van der Waals surface area contributed by atoms with Gasteiger partial charge in [0.15, 0.2) is 0 Å². The lowest BCUT2D eigenvalue weighted by atomic mass is 10.2. The minimum atomic E-state index is -0.483. The van der Waals surface area contributed by atoms with Crippen molar-refractivity contribution in [2.75, 3.05) is 11.1 Å². The highest BCUT2D eigenvalue weighted by Gasteiger charge is 2.06. The number of benzene rings is 1. The molecule has 0 aliphatic rings. The molecule has 0 aliphatic carbocycles. The summed E-state index contributed by atoms with van der Waals surface area (Å²) >= 11 is 7.20. The van der Waals surface area contributed by atoms with Crippen molar-refractivity contribution in [3.63, 3.8) is 0 Å². The van der Waals surface area contributed by atoms with Gasteiger partial charge in [-0.2, -0.15) is 0 Å². The fourth-order valence-electron chi connectivity index (χ4n) is 1.38. The number of anilines is 2. The number of aryl methyl sites for hydroxylation is 1. The number of nitrogens with zero attached hydrogens (tertiary/aromatic N) is 1. The monoisotopic (exact) mass is 271 g/mol. The first-order valence-electron chi connectivity index (χ1n) is 4.96. The van der Waals surface area contributed by atoms with Crippen molar-refractivity contribution in [3.8, 4) is 0 Å². The summed E-state index contributed by atoms with van der Waals surface area (Å²) in [5.41, 5.74) is 6.70. The molecule has 0 unspecified atom stereocenters. The van der Waals surface area contributed by atoms with Gasteiger partial charge in [0.25, 0.3) is 0 Å². The lowest BCUT2D eigenvalue weighted by Gasteiger charge is -2.08. The van der Waals surface area contributed by atoms with Gasteiger partial charge in [0.2, 0.25) is 0 Å². The predicted molar refractivity (Wildman–Crippen MR) is 70.0 cm³/mol. The summed E-state index contributed by atoms with van der Waals surface area (Å²) in [5, 5.41) is 4.08.